The zero-order valence-corrected chi connectivity index (χ0v) is 12.6. The molecule has 0 saturated heterocycles. The Morgan fingerprint density at radius 2 is 1.64 bits per heavy atom. The zero-order valence-electron chi connectivity index (χ0n) is 9.85. The Hall–Kier alpha value is -0.0662. The van der Waals surface area contributed by atoms with Crippen LogP contribution in [-0.2, 0) is 0 Å². The number of rotatable bonds is 2. The number of halogens is 1. The Balaban J connectivity index is 3.19. The first kappa shape index (κ1) is 12.0. The normalized spacial score (nSPS) is 13.4. The molecule has 0 N–H and O–H groups in total. The van der Waals surface area contributed by atoms with Crippen LogP contribution in [-0.4, -0.2) is 25.5 Å². The molecule has 0 unspecified atom stereocenters. The lowest BCUT2D eigenvalue weighted by Crippen LogP contribution is -2.39. The van der Waals surface area contributed by atoms with Crippen LogP contribution < -0.4 is 5.32 Å². The van der Waals surface area contributed by atoms with Crippen LogP contribution in [0.5, 0.6) is 0 Å². The summed E-state index contributed by atoms with van der Waals surface area (Å²) in [4.78, 5) is 4.47. The van der Waals surface area contributed by atoms with Crippen molar-refractivity contribution in [2.24, 2.45) is 0 Å². The first-order chi connectivity index (χ1) is 6.12. The molecule has 0 radical (unpaired) electrons. The van der Waals surface area contributed by atoms with Crippen LogP contribution in [0, 0.1) is 0 Å². The molecule has 0 amide bonds. The number of imidazole rings is 1. The van der Waals surface area contributed by atoms with Gasteiger partial charge in [0.1, 0.15) is 8.07 Å². The van der Waals surface area contributed by atoms with Crippen LogP contribution in [0.15, 0.2) is 6.20 Å². The summed E-state index contributed by atoms with van der Waals surface area (Å²) >= 11 is 6.14. The molecular formula is C9H19ClN2Si2. The predicted molar refractivity (Wildman–Crippen MR) is 69.0 cm³/mol. The van der Waals surface area contributed by atoms with Crippen molar-refractivity contribution in [2.45, 2.75) is 39.3 Å². The molecule has 0 spiro atoms. The standard InChI is InChI=1S/C9H19ClN2Si2/c1-13(2,3)8-7-12(9(10)11-8)14(4,5)6/h7H,1-6H3. The molecule has 2 nitrogen and oxygen atoms in total. The highest BCUT2D eigenvalue weighted by atomic mass is 35.5. The zero-order chi connectivity index (χ0) is 11.1. The van der Waals surface area contributed by atoms with Gasteiger partial charge in [-0.2, -0.15) is 0 Å². The van der Waals surface area contributed by atoms with Gasteiger partial charge in [-0.25, -0.2) is 4.98 Å². The maximum atomic E-state index is 6.14. The average molecular weight is 247 g/mol. The van der Waals surface area contributed by atoms with E-state index in [4.69, 9.17) is 11.6 Å². The smallest absolute Gasteiger partial charge is 0.194 e. The number of nitrogens with zero attached hydrogens (tertiary/aromatic N) is 2. The molecule has 0 atom stereocenters. The Morgan fingerprint density at radius 3 is 1.86 bits per heavy atom. The SMILES string of the molecule is C[Si](C)(C)c1cn([Si](C)(C)C)c(Cl)n1. The third-order valence-electron chi connectivity index (χ3n) is 2.15. The quantitative estimate of drug-likeness (QED) is 0.734. The van der Waals surface area contributed by atoms with E-state index >= 15 is 0 Å². The minimum Gasteiger partial charge on any atom is -0.350 e. The van der Waals surface area contributed by atoms with E-state index in [-0.39, 0.29) is 0 Å². The van der Waals surface area contributed by atoms with Gasteiger partial charge in [0.05, 0.1) is 0 Å². The third-order valence-corrected chi connectivity index (χ3v) is 6.13. The summed E-state index contributed by atoms with van der Waals surface area (Å²) in [5, 5.41) is 1.88. The van der Waals surface area contributed by atoms with Gasteiger partial charge in [0, 0.05) is 11.5 Å². The molecule has 0 aliphatic rings. The Kier molecular flexibility index (Phi) is 3.00. The lowest BCUT2D eigenvalue weighted by atomic mass is 10.9. The summed E-state index contributed by atoms with van der Waals surface area (Å²) in [7, 11) is -2.71. The van der Waals surface area contributed by atoms with Crippen molar-refractivity contribution in [3.63, 3.8) is 0 Å². The van der Waals surface area contributed by atoms with Crippen molar-refractivity contribution in [1.82, 2.24) is 9.22 Å². The van der Waals surface area contributed by atoms with Crippen LogP contribution in [0.2, 0.25) is 44.6 Å². The van der Waals surface area contributed by atoms with E-state index in [9.17, 15) is 0 Å². The molecule has 0 saturated carbocycles. The van der Waals surface area contributed by atoms with E-state index in [1.807, 2.05) is 0 Å². The Morgan fingerprint density at radius 1 is 1.14 bits per heavy atom. The lowest BCUT2D eigenvalue weighted by molar-refractivity contribution is 1.12. The van der Waals surface area contributed by atoms with Crippen molar-refractivity contribution in [3.05, 3.63) is 11.5 Å². The predicted octanol–water partition coefficient (Wildman–Crippen LogP) is 2.76. The molecule has 0 bridgehead atoms. The van der Waals surface area contributed by atoms with Gasteiger partial charge in [0.15, 0.2) is 13.5 Å². The fraction of sp³-hybridized carbons (Fsp3) is 0.667. The first-order valence-corrected chi connectivity index (χ1v) is 12.2. The number of aromatic nitrogens is 2. The van der Waals surface area contributed by atoms with E-state index in [2.05, 4.69) is 54.7 Å². The van der Waals surface area contributed by atoms with Crippen LogP contribution in [0.3, 0.4) is 0 Å². The van der Waals surface area contributed by atoms with Gasteiger partial charge in [0.2, 0.25) is 0 Å². The van der Waals surface area contributed by atoms with Crippen LogP contribution in [0.4, 0.5) is 0 Å². The van der Waals surface area contributed by atoms with E-state index in [0.29, 0.717) is 5.28 Å². The van der Waals surface area contributed by atoms with Gasteiger partial charge < -0.3 is 4.23 Å². The fourth-order valence-corrected chi connectivity index (χ4v) is 4.36. The summed E-state index contributed by atoms with van der Waals surface area (Å²) in [6.45, 7) is 13.7. The van der Waals surface area contributed by atoms with Gasteiger partial charge in [-0.15, -0.1) is 0 Å². The van der Waals surface area contributed by atoms with Crippen LogP contribution >= 0.6 is 11.6 Å². The van der Waals surface area contributed by atoms with Gasteiger partial charge >= 0.3 is 0 Å². The van der Waals surface area contributed by atoms with Crippen molar-refractivity contribution >= 4 is 33.2 Å². The Bertz CT molecular complexity index is 334. The van der Waals surface area contributed by atoms with Gasteiger partial charge in [-0.05, 0) is 11.6 Å². The highest BCUT2D eigenvalue weighted by molar-refractivity contribution is 6.88. The average Bonchev–Trinajstić information content (AvgIpc) is 2.27. The van der Waals surface area contributed by atoms with Crippen molar-refractivity contribution in [3.8, 4) is 0 Å². The summed E-state index contributed by atoms with van der Waals surface area (Å²) in [6.07, 6.45) is 2.17. The monoisotopic (exact) mass is 246 g/mol. The molecule has 5 heteroatoms. The molecule has 0 fully saturated rings. The highest BCUT2D eigenvalue weighted by Crippen LogP contribution is 2.14. The summed E-state index contributed by atoms with van der Waals surface area (Å²) < 4.78 is 2.18. The summed E-state index contributed by atoms with van der Waals surface area (Å²) in [5.41, 5.74) is 0. The molecule has 1 aromatic rings. The second kappa shape index (κ2) is 3.50. The van der Waals surface area contributed by atoms with E-state index in [0.717, 1.165) is 0 Å². The van der Waals surface area contributed by atoms with Crippen LogP contribution in [0.25, 0.3) is 0 Å². The molecule has 1 rings (SSSR count). The molecule has 0 aliphatic heterocycles. The largest absolute Gasteiger partial charge is 0.350 e. The second-order valence-corrected chi connectivity index (χ2v) is 15.9. The van der Waals surface area contributed by atoms with Gasteiger partial charge in [-0.1, -0.05) is 39.3 Å². The molecule has 0 aromatic carbocycles. The van der Waals surface area contributed by atoms with Gasteiger partial charge in [0.25, 0.3) is 0 Å². The topological polar surface area (TPSA) is 17.8 Å². The minimum atomic E-state index is -1.39. The summed E-state index contributed by atoms with van der Waals surface area (Å²) in [5.74, 6) is 0. The van der Waals surface area contributed by atoms with E-state index < -0.39 is 16.3 Å². The van der Waals surface area contributed by atoms with Crippen molar-refractivity contribution in [2.75, 3.05) is 0 Å². The van der Waals surface area contributed by atoms with Gasteiger partial charge in [-0.3, -0.25) is 0 Å². The molecule has 14 heavy (non-hydrogen) atoms. The van der Waals surface area contributed by atoms with Crippen molar-refractivity contribution in [1.29, 1.82) is 0 Å². The molecule has 1 aromatic heterocycles. The number of hydrogen-bond acceptors (Lipinski definition) is 1. The Labute approximate surface area is 93.4 Å². The maximum absolute atomic E-state index is 6.14. The van der Waals surface area contributed by atoms with Crippen LogP contribution in [0.1, 0.15) is 0 Å². The van der Waals surface area contributed by atoms with E-state index in [1.54, 1.807) is 0 Å². The maximum Gasteiger partial charge on any atom is 0.194 e. The molecule has 0 aliphatic carbocycles. The number of hydrogen-bond donors (Lipinski definition) is 0. The van der Waals surface area contributed by atoms with Crippen molar-refractivity contribution < 1.29 is 0 Å². The second-order valence-electron chi connectivity index (χ2n) is 5.69. The fourth-order valence-electron chi connectivity index (χ4n) is 1.19. The molecule has 1 heterocycles. The minimum absolute atomic E-state index is 0.668. The third kappa shape index (κ3) is 2.49. The van der Waals surface area contributed by atoms with E-state index in [1.165, 1.54) is 5.32 Å². The molecule has 80 valence electrons. The molecular weight excluding hydrogens is 228 g/mol. The highest BCUT2D eigenvalue weighted by Gasteiger charge is 2.26. The summed E-state index contributed by atoms with van der Waals surface area (Å²) in [6, 6.07) is 0. The first-order valence-electron chi connectivity index (χ1n) is 4.88. The lowest BCUT2D eigenvalue weighted by Gasteiger charge is -2.18.